The molecule has 33 heavy (non-hydrogen) atoms. The van der Waals surface area contributed by atoms with Crippen LogP contribution in [0.4, 0.5) is 5.69 Å². The summed E-state index contributed by atoms with van der Waals surface area (Å²) in [6.07, 6.45) is 0.253. The Morgan fingerprint density at radius 2 is 1.58 bits per heavy atom. The van der Waals surface area contributed by atoms with Crippen LogP contribution in [0.15, 0.2) is 71.6 Å². The molecule has 10 heteroatoms. The molecule has 0 aliphatic heterocycles. The van der Waals surface area contributed by atoms with Crippen LogP contribution in [0, 0.1) is 11.3 Å². The van der Waals surface area contributed by atoms with Gasteiger partial charge in [0.05, 0.1) is 23.9 Å². The fourth-order valence-corrected chi connectivity index (χ4v) is 4.95. The van der Waals surface area contributed by atoms with Gasteiger partial charge in [-0.05, 0) is 59.7 Å². The van der Waals surface area contributed by atoms with Gasteiger partial charge in [0.1, 0.15) is 0 Å². The van der Waals surface area contributed by atoms with Crippen LogP contribution < -0.4 is 5.32 Å². The molecule has 0 bridgehead atoms. The van der Waals surface area contributed by atoms with E-state index in [-0.39, 0.29) is 22.9 Å². The highest BCUT2D eigenvalue weighted by Gasteiger charge is 2.27. The van der Waals surface area contributed by atoms with Gasteiger partial charge >= 0.3 is 0 Å². The molecule has 0 fully saturated rings. The van der Waals surface area contributed by atoms with Gasteiger partial charge in [0.15, 0.2) is 0 Å². The van der Waals surface area contributed by atoms with Crippen molar-refractivity contribution in [1.82, 2.24) is 4.31 Å². The molecule has 0 radical (unpaired) electrons. The number of carbonyl (C=O) groups excluding carboxylic acids is 1. The number of nitriles is 1. The third-order valence-corrected chi connectivity index (χ3v) is 7.30. The lowest BCUT2D eigenvalue weighted by Gasteiger charge is -2.22. The van der Waals surface area contributed by atoms with Gasteiger partial charge in [0, 0.05) is 27.3 Å². The van der Waals surface area contributed by atoms with Crippen molar-refractivity contribution < 1.29 is 13.2 Å². The van der Waals surface area contributed by atoms with E-state index >= 15 is 0 Å². The minimum Gasteiger partial charge on any atom is -0.325 e. The third-order valence-electron chi connectivity index (χ3n) is 4.65. The molecule has 0 unspecified atom stereocenters. The van der Waals surface area contributed by atoms with Crippen LogP contribution in [-0.4, -0.2) is 25.2 Å². The molecule has 3 rings (SSSR count). The Hall–Kier alpha value is -2.60. The first-order valence-corrected chi connectivity index (χ1v) is 12.2. The van der Waals surface area contributed by atoms with Crippen LogP contribution in [0.25, 0.3) is 0 Å². The summed E-state index contributed by atoms with van der Waals surface area (Å²) in [5, 5.41) is 12.5. The Labute approximate surface area is 207 Å². The van der Waals surface area contributed by atoms with Crippen LogP contribution in [0.1, 0.15) is 11.1 Å². The summed E-state index contributed by atoms with van der Waals surface area (Å²) in [5.41, 5.74) is 1.78. The molecule has 0 aliphatic rings. The van der Waals surface area contributed by atoms with E-state index in [1.165, 1.54) is 30.3 Å². The number of halogens is 3. The topological polar surface area (TPSA) is 90.3 Å². The number of rotatable bonds is 8. The lowest BCUT2D eigenvalue weighted by molar-refractivity contribution is -0.116. The first-order chi connectivity index (χ1) is 15.7. The van der Waals surface area contributed by atoms with E-state index in [9.17, 15) is 13.2 Å². The number of nitrogens with zero attached hydrogens (tertiary/aromatic N) is 2. The fourth-order valence-electron chi connectivity index (χ4n) is 2.98. The number of nitrogens with one attached hydrogen (secondary N) is 1. The monoisotopic (exact) mass is 521 g/mol. The highest BCUT2D eigenvalue weighted by atomic mass is 35.5. The molecule has 0 spiro atoms. The summed E-state index contributed by atoms with van der Waals surface area (Å²) in [6, 6.07) is 19.2. The first-order valence-electron chi connectivity index (χ1n) is 9.64. The lowest BCUT2D eigenvalue weighted by Crippen LogP contribution is -2.37. The highest BCUT2D eigenvalue weighted by Crippen LogP contribution is 2.26. The second-order valence-electron chi connectivity index (χ2n) is 7.04. The number of benzene rings is 3. The molecular weight excluding hydrogens is 505 g/mol. The molecule has 6 nitrogen and oxygen atoms in total. The smallest absolute Gasteiger partial charge is 0.243 e. The largest absolute Gasteiger partial charge is 0.325 e. The second-order valence-corrected chi connectivity index (χ2v) is 10.3. The molecule has 170 valence electrons. The van der Waals surface area contributed by atoms with Crippen molar-refractivity contribution in [2.45, 2.75) is 17.9 Å². The fraction of sp³-hybridized carbons (Fsp3) is 0.130. The molecule has 3 aromatic rings. The number of carbonyl (C=O) groups is 1. The van der Waals surface area contributed by atoms with Gasteiger partial charge in [0.2, 0.25) is 15.9 Å². The number of hydrogen-bond donors (Lipinski definition) is 1. The van der Waals surface area contributed by atoms with Crippen molar-refractivity contribution in [1.29, 1.82) is 5.26 Å². The zero-order valence-electron chi connectivity index (χ0n) is 17.1. The summed E-state index contributed by atoms with van der Waals surface area (Å²) in [6.45, 7) is -0.598. The molecule has 0 saturated carbocycles. The Morgan fingerprint density at radius 3 is 2.18 bits per heavy atom. The molecule has 3 aromatic carbocycles. The van der Waals surface area contributed by atoms with Gasteiger partial charge in [-0.25, -0.2) is 8.42 Å². The van der Waals surface area contributed by atoms with Gasteiger partial charge in [-0.15, -0.1) is 0 Å². The maximum absolute atomic E-state index is 13.3. The summed E-state index contributed by atoms with van der Waals surface area (Å²) in [4.78, 5) is 12.7. The molecule has 0 heterocycles. The Morgan fingerprint density at radius 1 is 0.939 bits per heavy atom. The summed E-state index contributed by atoms with van der Waals surface area (Å²) in [7, 11) is -4.06. The maximum atomic E-state index is 13.3. The van der Waals surface area contributed by atoms with Gasteiger partial charge in [-0.2, -0.15) is 9.57 Å². The van der Waals surface area contributed by atoms with Crippen LogP contribution >= 0.6 is 34.8 Å². The SMILES string of the molecule is N#CCc1ccc(NC(=O)CN(Cc2ccc(Cl)cc2Cl)S(=O)(=O)c2ccc(Cl)cc2)cc1. The van der Waals surface area contributed by atoms with E-state index in [2.05, 4.69) is 5.32 Å². The van der Waals surface area contributed by atoms with E-state index in [1.807, 2.05) is 6.07 Å². The zero-order chi connectivity index (χ0) is 24.0. The zero-order valence-corrected chi connectivity index (χ0v) is 20.2. The molecule has 0 atom stereocenters. The summed E-state index contributed by atoms with van der Waals surface area (Å²) >= 11 is 18.1. The van der Waals surface area contributed by atoms with Gasteiger partial charge in [-0.3, -0.25) is 4.79 Å². The van der Waals surface area contributed by atoms with Crippen LogP contribution in [0.3, 0.4) is 0 Å². The van der Waals surface area contributed by atoms with Gasteiger partial charge in [0.25, 0.3) is 0 Å². The van der Waals surface area contributed by atoms with Crippen molar-refractivity contribution in [3.8, 4) is 6.07 Å². The quantitative estimate of drug-likeness (QED) is 0.420. The molecule has 0 aromatic heterocycles. The number of sulfonamides is 1. The van der Waals surface area contributed by atoms with Crippen molar-refractivity contribution >= 4 is 56.4 Å². The minimum atomic E-state index is -4.06. The molecule has 1 amide bonds. The second kappa shape index (κ2) is 11.0. The first kappa shape index (κ1) is 25.0. The average Bonchev–Trinajstić information content (AvgIpc) is 2.77. The summed E-state index contributed by atoms with van der Waals surface area (Å²) < 4.78 is 27.7. The third kappa shape index (κ3) is 6.70. The minimum absolute atomic E-state index is 0.00866. The van der Waals surface area contributed by atoms with E-state index in [0.29, 0.717) is 21.3 Å². The van der Waals surface area contributed by atoms with Crippen molar-refractivity contribution in [3.05, 3.63) is 92.9 Å². The lowest BCUT2D eigenvalue weighted by atomic mass is 10.1. The van der Waals surface area contributed by atoms with E-state index in [4.69, 9.17) is 40.1 Å². The van der Waals surface area contributed by atoms with Crippen LogP contribution in [0.2, 0.25) is 15.1 Å². The van der Waals surface area contributed by atoms with Crippen molar-refractivity contribution in [2.75, 3.05) is 11.9 Å². The number of amides is 1. The van der Waals surface area contributed by atoms with Crippen molar-refractivity contribution in [3.63, 3.8) is 0 Å². The van der Waals surface area contributed by atoms with Crippen molar-refractivity contribution in [2.24, 2.45) is 0 Å². The maximum Gasteiger partial charge on any atom is 0.243 e. The highest BCUT2D eigenvalue weighted by molar-refractivity contribution is 7.89. The van der Waals surface area contributed by atoms with E-state index < -0.39 is 22.5 Å². The van der Waals surface area contributed by atoms with Gasteiger partial charge in [-0.1, -0.05) is 53.0 Å². The number of hydrogen-bond acceptors (Lipinski definition) is 4. The summed E-state index contributed by atoms with van der Waals surface area (Å²) in [5.74, 6) is -0.536. The van der Waals surface area contributed by atoms with E-state index in [0.717, 1.165) is 9.87 Å². The predicted octanol–water partition coefficient (Wildman–Crippen LogP) is 5.54. The van der Waals surface area contributed by atoms with Crippen LogP contribution in [-0.2, 0) is 27.8 Å². The molecular formula is C23H18Cl3N3O3S. The predicted molar refractivity (Wildman–Crippen MR) is 130 cm³/mol. The molecule has 0 aliphatic carbocycles. The average molecular weight is 523 g/mol. The Kier molecular flexibility index (Phi) is 8.35. The van der Waals surface area contributed by atoms with E-state index in [1.54, 1.807) is 36.4 Å². The Balaban J connectivity index is 1.86. The molecule has 0 saturated heterocycles. The standard InChI is InChI=1S/C23H18Cl3N3O3S/c24-18-5-9-21(10-6-18)33(31,32)29(14-17-3-4-19(25)13-22(17)26)15-23(30)28-20-7-1-16(2-8-20)11-12-27/h1-10,13H,11,14-15H2,(H,28,30). The number of anilines is 1. The van der Waals surface area contributed by atoms with Crippen LogP contribution in [0.5, 0.6) is 0 Å². The van der Waals surface area contributed by atoms with Gasteiger partial charge < -0.3 is 5.32 Å². The Bertz CT molecular complexity index is 1290. The molecule has 1 N–H and O–H groups in total. The normalized spacial score (nSPS) is 11.2.